The lowest BCUT2D eigenvalue weighted by atomic mass is 10.1. The highest BCUT2D eigenvalue weighted by Crippen LogP contribution is 2.28. The molecule has 0 aromatic carbocycles. The molecule has 2 fully saturated rings. The van der Waals surface area contributed by atoms with Gasteiger partial charge in [0.15, 0.2) is 0 Å². The van der Waals surface area contributed by atoms with Crippen LogP contribution in [0.3, 0.4) is 0 Å². The summed E-state index contributed by atoms with van der Waals surface area (Å²) in [6.45, 7) is 1.88. The molecule has 0 aromatic heterocycles. The lowest BCUT2D eigenvalue weighted by Gasteiger charge is -2.26. The number of nitrogens with zero attached hydrogens (tertiary/aromatic N) is 1. The monoisotopic (exact) mass is 282 g/mol. The van der Waals surface area contributed by atoms with Gasteiger partial charge in [0, 0.05) is 12.1 Å². The molecule has 1 amide bonds. The summed E-state index contributed by atoms with van der Waals surface area (Å²) >= 11 is 0. The van der Waals surface area contributed by atoms with Crippen molar-refractivity contribution in [2.24, 2.45) is 0 Å². The van der Waals surface area contributed by atoms with Crippen LogP contribution in [0.15, 0.2) is 0 Å². The van der Waals surface area contributed by atoms with Crippen molar-refractivity contribution < 1.29 is 14.7 Å². The molecule has 2 aliphatic rings. The quantitative estimate of drug-likeness (QED) is 0.728. The van der Waals surface area contributed by atoms with Crippen LogP contribution < -0.4 is 5.32 Å². The van der Waals surface area contributed by atoms with E-state index in [-0.39, 0.29) is 24.5 Å². The van der Waals surface area contributed by atoms with Gasteiger partial charge in [0.2, 0.25) is 5.91 Å². The maximum Gasteiger partial charge on any atom is 0.320 e. The van der Waals surface area contributed by atoms with Gasteiger partial charge in [-0.15, -0.1) is 0 Å². The molecule has 0 spiro atoms. The van der Waals surface area contributed by atoms with E-state index in [0.717, 1.165) is 25.7 Å². The van der Waals surface area contributed by atoms with E-state index < -0.39 is 12.0 Å². The maximum absolute atomic E-state index is 12.1. The van der Waals surface area contributed by atoms with Crippen molar-refractivity contribution in [2.75, 3.05) is 6.54 Å². The van der Waals surface area contributed by atoms with Crippen LogP contribution in [0.5, 0.6) is 0 Å². The Bertz CT molecular complexity index is 347. The fraction of sp³-hybridized carbons (Fsp3) is 0.867. The predicted molar refractivity (Wildman–Crippen MR) is 76.5 cm³/mol. The number of hydrogen-bond donors (Lipinski definition) is 2. The largest absolute Gasteiger partial charge is 0.480 e. The molecule has 0 heterocycles. The van der Waals surface area contributed by atoms with Gasteiger partial charge in [0.1, 0.15) is 6.04 Å². The minimum Gasteiger partial charge on any atom is -0.480 e. The second kappa shape index (κ2) is 7.07. The number of aliphatic carboxylic acids is 1. The number of amides is 1. The molecule has 0 radical (unpaired) electrons. The summed E-state index contributed by atoms with van der Waals surface area (Å²) in [4.78, 5) is 25.1. The molecule has 1 atom stereocenters. The van der Waals surface area contributed by atoms with Gasteiger partial charge in [0.25, 0.3) is 0 Å². The van der Waals surface area contributed by atoms with Crippen LogP contribution >= 0.6 is 0 Å². The van der Waals surface area contributed by atoms with E-state index in [1.165, 1.54) is 25.7 Å². The van der Waals surface area contributed by atoms with E-state index >= 15 is 0 Å². The highest BCUT2D eigenvalue weighted by molar-refractivity contribution is 5.80. The molecule has 20 heavy (non-hydrogen) atoms. The first-order valence-electron chi connectivity index (χ1n) is 7.86. The normalized spacial score (nSPS) is 22.3. The second-order valence-corrected chi connectivity index (χ2v) is 6.17. The fourth-order valence-corrected chi connectivity index (χ4v) is 2.99. The first-order chi connectivity index (χ1) is 9.58. The number of carbonyl (C=O) groups excluding carboxylic acids is 1. The molecule has 5 nitrogen and oxygen atoms in total. The second-order valence-electron chi connectivity index (χ2n) is 6.17. The zero-order chi connectivity index (χ0) is 14.5. The van der Waals surface area contributed by atoms with Crippen molar-refractivity contribution in [2.45, 2.75) is 76.4 Å². The van der Waals surface area contributed by atoms with Gasteiger partial charge in [-0.05, 0) is 32.6 Å². The molecule has 2 saturated carbocycles. The molecule has 0 aliphatic heterocycles. The minimum absolute atomic E-state index is 0.0168. The molecule has 2 rings (SSSR count). The molecule has 1 unspecified atom stereocenters. The third kappa shape index (κ3) is 4.47. The van der Waals surface area contributed by atoms with Crippen molar-refractivity contribution in [1.82, 2.24) is 10.2 Å². The SMILES string of the molecule is CC(C(=O)O)N(CC(=O)NC1CCCCCC1)C1CC1. The van der Waals surface area contributed by atoms with E-state index in [1.54, 1.807) is 6.92 Å². The van der Waals surface area contributed by atoms with Crippen LogP contribution in [0.25, 0.3) is 0 Å². The highest BCUT2D eigenvalue weighted by Gasteiger charge is 2.36. The van der Waals surface area contributed by atoms with Crippen LogP contribution in [0.2, 0.25) is 0 Å². The van der Waals surface area contributed by atoms with Crippen molar-refractivity contribution in [3.8, 4) is 0 Å². The van der Waals surface area contributed by atoms with Gasteiger partial charge in [-0.1, -0.05) is 25.7 Å². The van der Waals surface area contributed by atoms with E-state index in [0.29, 0.717) is 0 Å². The molecular formula is C15H26N2O3. The molecule has 0 aromatic rings. The van der Waals surface area contributed by atoms with E-state index in [2.05, 4.69) is 5.32 Å². The molecule has 2 N–H and O–H groups in total. The van der Waals surface area contributed by atoms with Crippen LogP contribution in [0.4, 0.5) is 0 Å². The Labute approximate surface area is 120 Å². The summed E-state index contributed by atoms with van der Waals surface area (Å²) in [5.74, 6) is -0.865. The lowest BCUT2D eigenvalue weighted by Crippen LogP contribution is -2.48. The van der Waals surface area contributed by atoms with Gasteiger partial charge in [-0.25, -0.2) is 0 Å². The molecule has 114 valence electrons. The summed E-state index contributed by atoms with van der Waals surface area (Å²) in [7, 11) is 0. The number of rotatable bonds is 6. The summed E-state index contributed by atoms with van der Waals surface area (Å²) in [5, 5.41) is 12.2. The molecule has 0 saturated heterocycles. The van der Waals surface area contributed by atoms with E-state index in [9.17, 15) is 9.59 Å². The van der Waals surface area contributed by atoms with Crippen LogP contribution in [-0.2, 0) is 9.59 Å². The summed E-state index contributed by atoms with van der Waals surface area (Å²) in [6.07, 6.45) is 9.02. The molecule has 5 heteroatoms. The number of nitrogens with one attached hydrogen (secondary N) is 1. The molecule has 2 aliphatic carbocycles. The van der Waals surface area contributed by atoms with Gasteiger partial charge in [0.05, 0.1) is 6.54 Å². The average Bonchev–Trinajstić information content (AvgIpc) is 3.22. The number of carboxylic acids is 1. The van der Waals surface area contributed by atoms with Gasteiger partial charge >= 0.3 is 5.97 Å². The zero-order valence-electron chi connectivity index (χ0n) is 12.3. The van der Waals surface area contributed by atoms with Crippen molar-refractivity contribution in [3.63, 3.8) is 0 Å². The minimum atomic E-state index is -0.848. The Morgan fingerprint density at radius 1 is 1.15 bits per heavy atom. The van der Waals surface area contributed by atoms with E-state index in [4.69, 9.17) is 5.11 Å². The molecule has 0 bridgehead atoms. The number of carboxylic acid groups (broad SMARTS) is 1. The van der Waals surface area contributed by atoms with Crippen molar-refractivity contribution in [1.29, 1.82) is 0 Å². The van der Waals surface area contributed by atoms with Gasteiger partial charge in [-0.3, -0.25) is 14.5 Å². The Morgan fingerprint density at radius 2 is 1.75 bits per heavy atom. The smallest absolute Gasteiger partial charge is 0.320 e. The van der Waals surface area contributed by atoms with Crippen LogP contribution in [0.1, 0.15) is 58.3 Å². The third-order valence-corrected chi connectivity index (χ3v) is 4.42. The Hall–Kier alpha value is -1.10. The fourth-order valence-electron chi connectivity index (χ4n) is 2.99. The third-order valence-electron chi connectivity index (χ3n) is 4.42. The number of carbonyl (C=O) groups is 2. The van der Waals surface area contributed by atoms with E-state index in [1.807, 2.05) is 4.90 Å². The summed E-state index contributed by atoms with van der Waals surface area (Å²) in [5.41, 5.74) is 0. The first-order valence-corrected chi connectivity index (χ1v) is 7.86. The predicted octanol–water partition coefficient (Wildman–Crippen LogP) is 1.76. The highest BCUT2D eigenvalue weighted by atomic mass is 16.4. The Kier molecular flexibility index (Phi) is 5.40. The number of hydrogen-bond acceptors (Lipinski definition) is 3. The van der Waals surface area contributed by atoms with Gasteiger partial charge in [-0.2, -0.15) is 0 Å². The van der Waals surface area contributed by atoms with Crippen molar-refractivity contribution in [3.05, 3.63) is 0 Å². The Morgan fingerprint density at radius 3 is 2.25 bits per heavy atom. The zero-order valence-corrected chi connectivity index (χ0v) is 12.3. The first kappa shape index (κ1) is 15.3. The summed E-state index contributed by atoms with van der Waals surface area (Å²) < 4.78 is 0. The summed E-state index contributed by atoms with van der Waals surface area (Å²) in [6, 6.07) is -0.0189. The average molecular weight is 282 g/mol. The maximum atomic E-state index is 12.1. The topological polar surface area (TPSA) is 69.6 Å². The molecular weight excluding hydrogens is 256 g/mol. The Balaban J connectivity index is 1.83. The van der Waals surface area contributed by atoms with Crippen molar-refractivity contribution >= 4 is 11.9 Å². The van der Waals surface area contributed by atoms with Crippen LogP contribution in [-0.4, -0.2) is 46.6 Å². The standard InChI is InChI=1S/C15H26N2O3/c1-11(15(19)20)17(13-8-9-13)10-14(18)16-12-6-4-2-3-5-7-12/h11-13H,2-10H2,1H3,(H,16,18)(H,19,20). The van der Waals surface area contributed by atoms with Crippen LogP contribution in [0, 0.1) is 0 Å². The van der Waals surface area contributed by atoms with Gasteiger partial charge < -0.3 is 10.4 Å². The lowest BCUT2D eigenvalue weighted by molar-refractivity contribution is -0.143.